The van der Waals surface area contributed by atoms with Gasteiger partial charge in [-0.15, -0.1) is 0 Å². The van der Waals surface area contributed by atoms with E-state index in [2.05, 4.69) is 11.4 Å². The van der Waals surface area contributed by atoms with Crippen LogP contribution < -0.4 is 5.32 Å². The average molecular weight is 351 g/mol. The number of esters is 1. The van der Waals surface area contributed by atoms with Gasteiger partial charge in [0.1, 0.15) is 25.0 Å². The Hall–Kier alpha value is -3.66. The molecule has 1 amide bonds. The van der Waals surface area contributed by atoms with Crippen molar-refractivity contribution in [2.75, 3.05) is 6.54 Å². The normalized spacial score (nSPS) is 10.3. The molecule has 2 heterocycles. The van der Waals surface area contributed by atoms with E-state index in [1.807, 2.05) is 12.1 Å². The van der Waals surface area contributed by atoms with E-state index in [9.17, 15) is 19.2 Å². The minimum absolute atomic E-state index is 0.0841. The lowest BCUT2D eigenvalue weighted by Crippen LogP contribution is -2.30. The van der Waals surface area contributed by atoms with Crippen molar-refractivity contribution >= 4 is 17.4 Å². The van der Waals surface area contributed by atoms with Crippen LogP contribution in [0.3, 0.4) is 0 Å². The van der Waals surface area contributed by atoms with Crippen molar-refractivity contribution in [3.05, 3.63) is 77.4 Å². The molecule has 0 spiro atoms. The van der Waals surface area contributed by atoms with Gasteiger partial charge in [0.15, 0.2) is 0 Å². The maximum Gasteiger partial charge on any atom is 0.325 e. The number of rotatable bonds is 5. The van der Waals surface area contributed by atoms with Crippen LogP contribution in [-0.2, 0) is 16.1 Å². The zero-order chi connectivity index (χ0) is 18.5. The number of carbonyl (C=O) groups is 2. The van der Waals surface area contributed by atoms with Crippen molar-refractivity contribution in [2.24, 2.45) is 0 Å². The molecule has 0 fully saturated rings. The number of benzene rings is 1. The van der Waals surface area contributed by atoms with Crippen LogP contribution in [-0.4, -0.2) is 22.8 Å². The van der Waals surface area contributed by atoms with Crippen molar-refractivity contribution in [1.29, 1.82) is 5.26 Å². The second-order valence-corrected chi connectivity index (χ2v) is 5.49. The van der Waals surface area contributed by atoms with Crippen molar-refractivity contribution < 1.29 is 18.7 Å². The molecule has 1 aromatic carbocycles. The number of nitriles is 1. The average Bonchev–Trinajstić information content (AvgIpc) is 3.01. The number of halogens is 1. The summed E-state index contributed by atoms with van der Waals surface area (Å²) in [7, 11) is 0. The Morgan fingerprint density at radius 2 is 2.08 bits per heavy atom. The second kappa shape index (κ2) is 7.49. The van der Waals surface area contributed by atoms with Gasteiger partial charge in [0.05, 0.1) is 11.1 Å². The number of amides is 1. The Labute approximate surface area is 148 Å². The van der Waals surface area contributed by atoms with Crippen molar-refractivity contribution in [3.63, 3.8) is 0 Å². The molecular weight excluding hydrogens is 337 g/mol. The highest BCUT2D eigenvalue weighted by Crippen LogP contribution is 2.18. The molecule has 0 aliphatic rings. The van der Waals surface area contributed by atoms with Gasteiger partial charge in [-0.3, -0.25) is 9.59 Å². The predicted octanol–water partition coefficient (Wildman–Crippen LogP) is 2.42. The molecule has 3 aromatic rings. The molecule has 7 heteroatoms. The van der Waals surface area contributed by atoms with Crippen LogP contribution in [0.1, 0.15) is 21.5 Å². The number of hydrogen-bond donors (Lipinski definition) is 1. The maximum atomic E-state index is 13.1. The molecule has 0 saturated carbocycles. The topological polar surface area (TPSA) is 83.6 Å². The summed E-state index contributed by atoms with van der Waals surface area (Å²) in [6.45, 7) is -0.441. The van der Waals surface area contributed by atoms with Crippen LogP contribution in [0.25, 0.3) is 5.52 Å². The highest BCUT2D eigenvalue weighted by atomic mass is 19.1. The van der Waals surface area contributed by atoms with E-state index in [-0.39, 0.29) is 18.7 Å². The van der Waals surface area contributed by atoms with Gasteiger partial charge in [-0.1, -0.05) is 12.1 Å². The highest BCUT2D eigenvalue weighted by Gasteiger charge is 2.13. The van der Waals surface area contributed by atoms with E-state index in [1.54, 1.807) is 22.9 Å². The summed E-state index contributed by atoms with van der Waals surface area (Å²) in [4.78, 5) is 23.7. The molecule has 0 aliphatic heterocycles. The Morgan fingerprint density at radius 3 is 2.85 bits per heavy atom. The first-order chi connectivity index (χ1) is 12.6. The summed E-state index contributed by atoms with van der Waals surface area (Å²) < 4.78 is 20.0. The highest BCUT2D eigenvalue weighted by molar-refractivity contribution is 5.95. The first-order valence-corrected chi connectivity index (χ1v) is 7.76. The minimum Gasteiger partial charge on any atom is -0.459 e. The smallest absolute Gasteiger partial charge is 0.325 e. The van der Waals surface area contributed by atoms with Crippen LogP contribution in [0.15, 0.2) is 54.9 Å². The fraction of sp³-hybridized carbons (Fsp3) is 0.105. The van der Waals surface area contributed by atoms with E-state index < -0.39 is 17.7 Å². The van der Waals surface area contributed by atoms with Crippen LogP contribution in [0, 0.1) is 17.1 Å². The Bertz CT molecular complexity index is 1020. The summed E-state index contributed by atoms with van der Waals surface area (Å²) in [6, 6.07) is 12.7. The summed E-state index contributed by atoms with van der Waals surface area (Å²) in [5.74, 6) is -1.77. The number of nitrogens with zero attached hydrogens (tertiary/aromatic N) is 2. The molecule has 0 saturated heterocycles. The third-order valence-corrected chi connectivity index (χ3v) is 3.74. The molecular formula is C19H14FN3O3. The lowest BCUT2D eigenvalue weighted by Gasteiger charge is -2.06. The monoisotopic (exact) mass is 351 g/mol. The zero-order valence-corrected chi connectivity index (χ0v) is 13.6. The molecule has 0 radical (unpaired) electrons. The standard InChI is InChI=1S/C19H14FN3O3/c20-15-5-3-4-13(8-15)19(25)22-10-18(24)26-12-14-11-23-7-2-1-6-17(23)16(14)9-21/h1-8,11H,10,12H2,(H,22,25). The van der Waals surface area contributed by atoms with Gasteiger partial charge in [-0.2, -0.15) is 5.26 Å². The Morgan fingerprint density at radius 1 is 1.23 bits per heavy atom. The molecule has 0 unspecified atom stereocenters. The number of aromatic nitrogens is 1. The number of carbonyl (C=O) groups excluding carboxylic acids is 2. The van der Waals surface area contributed by atoms with Gasteiger partial charge in [-0.25, -0.2) is 4.39 Å². The van der Waals surface area contributed by atoms with E-state index in [4.69, 9.17) is 4.74 Å². The van der Waals surface area contributed by atoms with Crippen LogP contribution in [0.5, 0.6) is 0 Å². The minimum atomic E-state index is -0.658. The first-order valence-electron chi connectivity index (χ1n) is 7.76. The van der Waals surface area contributed by atoms with Gasteiger partial charge in [0.25, 0.3) is 5.91 Å². The van der Waals surface area contributed by atoms with Gasteiger partial charge in [-0.05, 0) is 30.3 Å². The van der Waals surface area contributed by atoms with Gasteiger partial charge in [0.2, 0.25) is 0 Å². The summed E-state index contributed by atoms with van der Waals surface area (Å²) in [6.07, 6.45) is 3.51. The Balaban J connectivity index is 1.58. The zero-order valence-electron chi connectivity index (χ0n) is 13.6. The summed E-state index contributed by atoms with van der Waals surface area (Å²) in [5.41, 5.74) is 1.84. The summed E-state index contributed by atoms with van der Waals surface area (Å²) >= 11 is 0. The predicted molar refractivity (Wildman–Crippen MR) is 90.6 cm³/mol. The van der Waals surface area contributed by atoms with Gasteiger partial charge < -0.3 is 14.5 Å². The van der Waals surface area contributed by atoms with Gasteiger partial charge in [0, 0.05) is 23.5 Å². The molecule has 0 atom stereocenters. The molecule has 6 nitrogen and oxygen atoms in total. The largest absolute Gasteiger partial charge is 0.459 e. The molecule has 2 aromatic heterocycles. The molecule has 130 valence electrons. The van der Waals surface area contributed by atoms with E-state index in [1.165, 1.54) is 18.2 Å². The SMILES string of the molecule is N#Cc1c(COC(=O)CNC(=O)c2cccc(F)c2)cn2ccccc12. The molecule has 3 rings (SSSR count). The summed E-state index contributed by atoms with van der Waals surface area (Å²) in [5, 5.41) is 11.7. The maximum absolute atomic E-state index is 13.1. The first kappa shape index (κ1) is 17.2. The van der Waals surface area contributed by atoms with E-state index in [0.29, 0.717) is 11.1 Å². The van der Waals surface area contributed by atoms with Crippen LogP contribution in [0.4, 0.5) is 4.39 Å². The van der Waals surface area contributed by atoms with Crippen molar-refractivity contribution in [2.45, 2.75) is 6.61 Å². The third kappa shape index (κ3) is 3.70. The second-order valence-electron chi connectivity index (χ2n) is 5.49. The van der Waals surface area contributed by atoms with E-state index in [0.717, 1.165) is 11.6 Å². The molecule has 0 aliphatic carbocycles. The quantitative estimate of drug-likeness (QED) is 0.716. The fourth-order valence-electron chi connectivity index (χ4n) is 2.51. The number of fused-ring (bicyclic) bond motifs is 1. The number of ether oxygens (including phenoxy) is 1. The number of hydrogen-bond acceptors (Lipinski definition) is 4. The lowest BCUT2D eigenvalue weighted by atomic mass is 10.2. The molecule has 26 heavy (non-hydrogen) atoms. The van der Waals surface area contributed by atoms with Crippen molar-refractivity contribution in [1.82, 2.24) is 9.72 Å². The number of nitrogens with one attached hydrogen (secondary N) is 1. The Kier molecular flexibility index (Phi) is 4.94. The third-order valence-electron chi connectivity index (χ3n) is 3.74. The van der Waals surface area contributed by atoms with Crippen LogP contribution in [0.2, 0.25) is 0 Å². The fourth-order valence-corrected chi connectivity index (χ4v) is 2.51. The van der Waals surface area contributed by atoms with Crippen molar-refractivity contribution in [3.8, 4) is 6.07 Å². The molecule has 1 N–H and O–H groups in total. The number of pyridine rings is 1. The van der Waals surface area contributed by atoms with Gasteiger partial charge >= 0.3 is 5.97 Å². The molecule has 0 bridgehead atoms. The van der Waals surface area contributed by atoms with E-state index >= 15 is 0 Å². The lowest BCUT2D eigenvalue weighted by molar-refractivity contribution is -0.143. The van der Waals surface area contributed by atoms with Crippen LogP contribution >= 0.6 is 0 Å².